The third-order valence-electron chi connectivity index (χ3n) is 2.95. The third kappa shape index (κ3) is 4.38. The lowest BCUT2D eigenvalue weighted by Crippen LogP contribution is -2.14. The smallest absolute Gasteiger partial charge is 0.167 e. The van der Waals surface area contributed by atoms with Crippen LogP contribution in [0.3, 0.4) is 0 Å². The van der Waals surface area contributed by atoms with E-state index in [1.54, 1.807) is 0 Å². The van der Waals surface area contributed by atoms with E-state index in [4.69, 9.17) is 4.74 Å². The highest BCUT2D eigenvalue weighted by atomic mass is 19.1. The summed E-state index contributed by atoms with van der Waals surface area (Å²) in [5, 5.41) is 3.11. The maximum absolute atomic E-state index is 13.4. The number of anilines is 1. The van der Waals surface area contributed by atoms with Gasteiger partial charge in [0.2, 0.25) is 0 Å². The van der Waals surface area contributed by atoms with Crippen molar-refractivity contribution < 1.29 is 13.5 Å². The van der Waals surface area contributed by atoms with Gasteiger partial charge in [0.1, 0.15) is 24.1 Å². The molecule has 0 spiro atoms. The lowest BCUT2D eigenvalue weighted by atomic mass is 10.2. The fourth-order valence-electron chi connectivity index (χ4n) is 1.87. The van der Waals surface area contributed by atoms with Crippen LogP contribution in [0.5, 0.6) is 5.75 Å². The molecular weight excluding hydrogens is 288 g/mol. The van der Waals surface area contributed by atoms with Crippen molar-refractivity contribution in [2.75, 3.05) is 18.5 Å². The average Bonchev–Trinajstić information content (AvgIpc) is 2.44. The predicted octanol–water partition coefficient (Wildman–Crippen LogP) is 3.68. The zero-order valence-electron chi connectivity index (χ0n) is 12.9. The van der Waals surface area contributed by atoms with Crippen molar-refractivity contribution in [3.05, 3.63) is 47.4 Å². The van der Waals surface area contributed by atoms with Crippen molar-refractivity contribution in [3.8, 4) is 5.75 Å². The highest BCUT2D eigenvalue weighted by Gasteiger charge is 2.07. The van der Waals surface area contributed by atoms with E-state index in [-0.39, 0.29) is 18.3 Å². The van der Waals surface area contributed by atoms with Crippen LogP contribution in [-0.4, -0.2) is 23.1 Å². The lowest BCUT2D eigenvalue weighted by molar-refractivity contribution is 0.314. The third-order valence-corrected chi connectivity index (χ3v) is 2.95. The number of hydrogen-bond acceptors (Lipinski definition) is 4. The summed E-state index contributed by atoms with van der Waals surface area (Å²) >= 11 is 0. The second kappa shape index (κ2) is 7.15. The van der Waals surface area contributed by atoms with Gasteiger partial charge in [-0.15, -0.1) is 0 Å². The van der Waals surface area contributed by atoms with Crippen molar-refractivity contribution in [1.82, 2.24) is 9.97 Å². The summed E-state index contributed by atoms with van der Waals surface area (Å²) < 4.78 is 31.4. The van der Waals surface area contributed by atoms with Crippen LogP contribution in [0.25, 0.3) is 0 Å². The SMILES string of the molecule is Cc1cc(NCCOc2ccc(F)cc2F)nc(C(C)C)n1. The maximum Gasteiger partial charge on any atom is 0.167 e. The van der Waals surface area contributed by atoms with E-state index in [1.807, 2.05) is 26.8 Å². The Morgan fingerprint density at radius 1 is 1.18 bits per heavy atom. The maximum atomic E-state index is 13.4. The number of ether oxygens (including phenoxy) is 1. The number of rotatable bonds is 6. The molecule has 2 aromatic rings. The number of nitrogens with one attached hydrogen (secondary N) is 1. The zero-order chi connectivity index (χ0) is 16.1. The fraction of sp³-hybridized carbons (Fsp3) is 0.375. The number of aryl methyl sites for hydroxylation is 1. The Kier molecular flexibility index (Phi) is 5.25. The fourth-order valence-corrected chi connectivity index (χ4v) is 1.87. The summed E-state index contributed by atoms with van der Waals surface area (Å²) in [7, 11) is 0. The molecule has 0 radical (unpaired) electrons. The van der Waals surface area contributed by atoms with Gasteiger partial charge in [0.15, 0.2) is 11.6 Å². The molecule has 22 heavy (non-hydrogen) atoms. The Balaban J connectivity index is 1.88. The molecule has 0 bridgehead atoms. The van der Waals surface area contributed by atoms with E-state index in [9.17, 15) is 8.78 Å². The molecule has 1 heterocycles. The largest absolute Gasteiger partial charge is 0.489 e. The molecule has 0 aliphatic heterocycles. The number of nitrogens with zero attached hydrogens (tertiary/aromatic N) is 2. The normalized spacial score (nSPS) is 10.8. The van der Waals surface area contributed by atoms with Crippen molar-refractivity contribution in [3.63, 3.8) is 0 Å². The summed E-state index contributed by atoms with van der Waals surface area (Å²) in [5.41, 5.74) is 0.881. The first-order valence-electron chi connectivity index (χ1n) is 7.13. The monoisotopic (exact) mass is 307 g/mol. The molecule has 6 heteroatoms. The Bertz CT molecular complexity index is 647. The van der Waals surface area contributed by atoms with Crippen LogP contribution in [0, 0.1) is 18.6 Å². The van der Waals surface area contributed by atoms with Crippen molar-refractivity contribution >= 4 is 5.82 Å². The van der Waals surface area contributed by atoms with Crippen LogP contribution in [-0.2, 0) is 0 Å². The number of halogens is 2. The van der Waals surface area contributed by atoms with Gasteiger partial charge in [0, 0.05) is 23.7 Å². The van der Waals surface area contributed by atoms with Crippen LogP contribution in [0.1, 0.15) is 31.3 Å². The Morgan fingerprint density at radius 3 is 2.64 bits per heavy atom. The van der Waals surface area contributed by atoms with Gasteiger partial charge in [0.05, 0.1) is 6.54 Å². The van der Waals surface area contributed by atoms with Crippen LogP contribution < -0.4 is 10.1 Å². The molecule has 1 N–H and O–H groups in total. The Morgan fingerprint density at radius 2 is 1.95 bits per heavy atom. The van der Waals surface area contributed by atoms with E-state index in [2.05, 4.69) is 15.3 Å². The molecule has 4 nitrogen and oxygen atoms in total. The van der Waals surface area contributed by atoms with Gasteiger partial charge in [-0.3, -0.25) is 0 Å². The summed E-state index contributed by atoms with van der Waals surface area (Å²) in [5.74, 6) is 0.419. The lowest BCUT2D eigenvalue weighted by Gasteiger charge is -2.11. The Hall–Kier alpha value is -2.24. The van der Waals surface area contributed by atoms with Gasteiger partial charge in [-0.05, 0) is 19.1 Å². The van der Waals surface area contributed by atoms with Gasteiger partial charge in [-0.1, -0.05) is 13.8 Å². The molecular formula is C16H19F2N3O. The summed E-state index contributed by atoms with van der Waals surface area (Å²) in [6, 6.07) is 5.07. The Labute approximate surface area is 128 Å². The first-order valence-corrected chi connectivity index (χ1v) is 7.13. The molecule has 2 rings (SSSR count). The molecule has 0 fully saturated rings. The summed E-state index contributed by atoms with van der Waals surface area (Å²) in [6.45, 7) is 6.65. The first kappa shape index (κ1) is 16.1. The van der Waals surface area contributed by atoms with Crippen LogP contribution in [0.2, 0.25) is 0 Å². The standard InChI is InChI=1S/C16H19F2N3O/c1-10(2)16-20-11(3)8-15(21-16)19-6-7-22-14-5-4-12(17)9-13(14)18/h4-5,8-10H,6-7H2,1-3H3,(H,19,20,21). The van der Waals surface area contributed by atoms with Crippen LogP contribution >= 0.6 is 0 Å². The van der Waals surface area contributed by atoms with Gasteiger partial charge >= 0.3 is 0 Å². The average molecular weight is 307 g/mol. The van der Waals surface area contributed by atoms with E-state index < -0.39 is 11.6 Å². The number of benzene rings is 1. The summed E-state index contributed by atoms with van der Waals surface area (Å²) in [6.07, 6.45) is 0. The highest BCUT2D eigenvalue weighted by molar-refractivity contribution is 5.36. The molecule has 0 amide bonds. The van der Waals surface area contributed by atoms with Gasteiger partial charge in [-0.25, -0.2) is 18.7 Å². The molecule has 118 valence electrons. The highest BCUT2D eigenvalue weighted by Crippen LogP contribution is 2.17. The molecule has 0 aliphatic carbocycles. The molecule has 0 aliphatic rings. The first-order chi connectivity index (χ1) is 10.5. The topological polar surface area (TPSA) is 47.0 Å². The number of hydrogen-bond donors (Lipinski definition) is 1. The minimum atomic E-state index is -0.708. The second-order valence-electron chi connectivity index (χ2n) is 5.26. The number of aromatic nitrogens is 2. The van der Waals surface area contributed by atoms with Gasteiger partial charge in [0.25, 0.3) is 0 Å². The van der Waals surface area contributed by atoms with Crippen LogP contribution in [0.4, 0.5) is 14.6 Å². The van der Waals surface area contributed by atoms with E-state index in [0.717, 1.165) is 23.7 Å². The molecule has 1 aromatic carbocycles. The van der Waals surface area contributed by atoms with E-state index >= 15 is 0 Å². The van der Waals surface area contributed by atoms with Crippen molar-refractivity contribution in [1.29, 1.82) is 0 Å². The minimum Gasteiger partial charge on any atom is -0.489 e. The van der Waals surface area contributed by atoms with Crippen molar-refractivity contribution in [2.24, 2.45) is 0 Å². The molecule has 0 saturated carbocycles. The van der Waals surface area contributed by atoms with E-state index in [1.165, 1.54) is 6.07 Å². The van der Waals surface area contributed by atoms with E-state index in [0.29, 0.717) is 12.4 Å². The summed E-state index contributed by atoms with van der Waals surface area (Å²) in [4.78, 5) is 8.77. The molecule has 0 saturated heterocycles. The minimum absolute atomic E-state index is 0.0323. The second-order valence-corrected chi connectivity index (χ2v) is 5.26. The molecule has 0 atom stereocenters. The van der Waals surface area contributed by atoms with Gasteiger partial charge in [-0.2, -0.15) is 0 Å². The quantitative estimate of drug-likeness (QED) is 0.827. The predicted molar refractivity (Wildman–Crippen MR) is 81.2 cm³/mol. The molecule has 1 aromatic heterocycles. The van der Waals surface area contributed by atoms with Crippen LogP contribution in [0.15, 0.2) is 24.3 Å². The zero-order valence-corrected chi connectivity index (χ0v) is 12.9. The van der Waals surface area contributed by atoms with Crippen molar-refractivity contribution in [2.45, 2.75) is 26.7 Å². The van der Waals surface area contributed by atoms with Gasteiger partial charge < -0.3 is 10.1 Å². The molecule has 0 unspecified atom stereocenters.